The van der Waals surface area contributed by atoms with Crippen LogP contribution < -0.4 is 0 Å². The predicted octanol–water partition coefficient (Wildman–Crippen LogP) is 14.4. The van der Waals surface area contributed by atoms with Crippen LogP contribution in [-0.4, -0.2) is 71.6 Å². The molecule has 12 rings (SSSR count). The van der Waals surface area contributed by atoms with Crippen LogP contribution in [-0.2, 0) is 52.4 Å². The number of hydrogen-bond donors (Lipinski definition) is 0. The Morgan fingerprint density at radius 1 is 0.532 bits per heavy atom. The van der Waals surface area contributed by atoms with Crippen molar-refractivity contribution >= 4 is 29.8 Å². The Bertz CT molecular complexity index is 2190. The lowest BCUT2D eigenvalue weighted by molar-refractivity contribution is -0.344. The van der Waals surface area contributed by atoms with Crippen LogP contribution in [0.15, 0.2) is 0 Å². The van der Waals surface area contributed by atoms with Crippen molar-refractivity contribution in [1.29, 1.82) is 0 Å². The van der Waals surface area contributed by atoms with E-state index in [1.807, 2.05) is 13.8 Å². The van der Waals surface area contributed by atoms with Gasteiger partial charge in [-0.25, -0.2) is 4.79 Å². The highest BCUT2D eigenvalue weighted by molar-refractivity contribution is 5.99. The van der Waals surface area contributed by atoms with E-state index >= 15 is 24.0 Å². The first kappa shape index (κ1) is 58.9. The van der Waals surface area contributed by atoms with Gasteiger partial charge in [-0.2, -0.15) is 0 Å². The molecule has 0 heterocycles. The summed E-state index contributed by atoms with van der Waals surface area (Å²) >= 11 is 0. The van der Waals surface area contributed by atoms with Gasteiger partial charge in [-0.15, -0.1) is 0 Å². The van der Waals surface area contributed by atoms with Crippen LogP contribution in [0.2, 0.25) is 0 Å². The molecule has 11 heteroatoms. The molecule has 0 aromatic rings. The van der Waals surface area contributed by atoms with Gasteiger partial charge < -0.3 is 28.4 Å². The molecule has 0 spiro atoms. The van der Waals surface area contributed by atoms with Gasteiger partial charge in [-0.1, -0.05) is 41.0 Å². The van der Waals surface area contributed by atoms with Crippen molar-refractivity contribution < 1.29 is 52.4 Å². The minimum absolute atomic E-state index is 0.0605. The summed E-state index contributed by atoms with van der Waals surface area (Å²) in [5.74, 6) is 0.0613. The summed E-state index contributed by atoms with van der Waals surface area (Å²) in [6.45, 7) is 30.3. The largest absolute Gasteiger partial charge is 0.464 e. The maximum absolute atomic E-state index is 17.3. The van der Waals surface area contributed by atoms with Gasteiger partial charge in [0, 0.05) is 6.61 Å². The summed E-state index contributed by atoms with van der Waals surface area (Å²) in [5.41, 5.74) is -8.32. The van der Waals surface area contributed by atoms with Gasteiger partial charge in [0.15, 0.2) is 12.0 Å². The fourth-order valence-electron chi connectivity index (χ4n) is 22.6. The molecule has 0 amide bonds. The third kappa shape index (κ3) is 9.02. The summed E-state index contributed by atoms with van der Waals surface area (Å²) in [4.78, 5) is 78.7. The fourth-order valence-corrected chi connectivity index (χ4v) is 22.6. The average molecular weight is 1080 g/mol. The summed E-state index contributed by atoms with van der Waals surface area (Å²) in [7, 11) is 0. The summed E-state index contributed by atoms with van der Waals surface area (Å²) in [6.07, 6.45) is 19.7. The predicted molar refractivity (Wildman–Crippen MR) is 297 cm³/mol. The minimum Gasteiger partial charge on any atom is -0.464 e. The van der Waals surface area contributed by atoms with Crippen molar-refractivity contribution in [3.8, 4) is 0 Å². The third-order valence-electron chi connectivity index (χ3n) is 24.8. The average Bonchev–Trinajstić information content (AvgIpc) is 3.41. The molecule has 0 aromatic heterocycles. The topological polar surface area (TPSA) is 141 Å². The van der Waals surface area contributed by atoms with E-state index in [9.17, 15) is 0 Å². The van der Waals surface area contributed by atoms with E-state index in [0.29, 0.717) is 53.8 Å². The van der Waals surface area contributed by atoms with Crippen molar-refractivity contribution in [3.05, 3.63) is 0 Å². The van der Waals surface area contributed by atoms with E-state index in [4.69, 9.17) is 28.4 Å². The molecule has 436 valence electrons. The quantitative estimate of drug-likeness (QED) is 0.0581. The van der Waals surface area contributed by atoms with Crippen molar-refractivity contribution in [1.82, 2.24) is 0 Å². The second-order valence-corrected chi connectivity index (χ2v) is 30.7. The lowest BCUT2D eigenvalue weighted by Crippen LogP contribution is -2.77. The van der Waals surface area contributed by atoms with Gasteiger partial charge >= 0.3 is 29.8 Å². The van der Waals surface area contributed by atoms with Gasteiger partial charge in [0.2, 0.25) is 0 Å². The van der Waals surface area contributed by atoms with Gasteiger partial charge in [0.05, 0.1) is 23.9 Å². The fraction of sp³-hybridized carbons (Fsp3) is 0.924. The lowest BCUT2D eigenvalue weighted by atomic mass is 9.21. The maximum atomic E-state index is 17.3. The molecule has 9 atom stereocenters. The van der Waals surface area contributed by atoms with E-state index in [-0.39, 0.29) is 35.4 Å². The molecule has 12 aliphatic carbocycles. The SMILES string of the molecule is CCCC1(C23CC4CC(CC(C5(CC)C6CC7CC(C6)CC5C7)(C4)C2C)C3)C2CC3CC(C2)CC1(C(=O)OC(C)(C)C(CC(=O)OC(C)(C)CC)(C(OCC)C(=O)OCC)C(C(=O)OC(C)(C)C)C(=O)OC(C)(C)CC)C3. The zero-order chi connectivity index (χ0) is 56.3. The smallest absolute Gasteiger partial charge is 0.336 e. The molecule has 0 saturated heterocycles. The van der Waals surface area contributed by atoms with E-state index in [0.717, 1.165) is 81.5 Å². The first-order valence-electron chi connectivity index (χ1n) is 31.7. The second kappa shape index (κ2) is 20.3. The zero-order valence-electron chi connectivity index (χ0n) is 51.2. The highest BCUT2D eigenvalue weighted by Crippen LogP contribution is 2.87. The Morgan fingerprint density at radius 2 is 1.03 bits per heavy atom. The Balaban J connectivity index is 1.25. The Labute approximate surface area is 465 Å². The first-order chi connectivity index (χ1) is 36.0. The molecule has 12 bridgehead atoms. The Morgan fingerprint density at radius 3 is 1.52 bits per heavy atom. The number of esters is 5. The molecule has 12 aliphatic rings. The molecule has 9 unspecified atom stereocenters. The zero-order valence-corrected chi connectivity index (χ0v) is 51.2. The van der Waals surface area contributed by atoms with Crippen LogP contribution in [0.1, 0.15) is 246 Å². The molecule has 0 aliphatic heterocycles. The number of ether oxygens (including phenoxy) is 6. The summed E-state index contributed by atoms with van der Waals surface area (Å²) in [6, 6.07) is 0. The van der Waals surface area contributed by atoms with Gasteiger partial charge in [0.25, 0.3) is 0 Å². The maximum Gasteiger partial charge on any atom is 0.336 e. The van der Waals surface area contributed by atoms with Crippen LogP contribution in [0.25, 0.3) is 0 Å². The number of hydrogen-bond acceptors (Lipinski definition) is 11. The molecule has 11 nitrogen and oxygen atoms in total. The first-order valence-corrected chi connectivity index (χ1v) is 31.7. The highest BCUT2D eigenvalue weighted by Gasteiger charge is 2.82. The van der Waals surface area contributed by atoms with Crippen LogP contribution >= 0.6 is 0 Å². The van der Waals surface area contributed by atoms with E-state index < -0.39 is 75.6 Å². The van der Waals surface area contributed by atoms with E-state index in [2.05, 4.69) is 20.8 Å². The minimum atomic E-state index is -2.32. The van der Waals surface area contributed by atoms with Crippen molar-refractivity contribution in [2.24, 2.45) is 97.6 Å². The number of rotatable bonds is 22. The van der Waals surface area contributed by atoms with Crippen molar-refractivity contribution in [3.63, 3.8) is 0 Å². The van der Waals surface area contributed by atoms with Crippen LogP contribution in [0.3, 0.4) is 0 Å². The summed E-state index contributed by atoms with van der Waals surface area (Å²) < 4.78 is 38.9. The monoisotopic (exact) mass is 1070 g/mol. The Hall–Kier alpha value is -2.69. The highest BCUT2D eigenvalue weighted by atomic mass is 16.6. The molecule has 12 saturated carbocycles. The molecule has 0 aromatic carbocycles. The molecule has 0 radical (unpaired) electrons. The van der Waals surface area contributed by atoms with E-state index in [1.165, 1.54) is 57.8 Å². The van der Waals surface area contributed by atoms with Crippen LogP contribution in [0.4, 0.5) is 0 Å². The Kier molecular flexibility index (Phi) is 15.6. The second-order valence-electron chi connectivity index (χ2n) is 30.7. The molecular weight excluding hydrogens is 969 g/mol. The normalized spacial score (nSPS) is 40.2. The van der Waals surface area contributed by atoms with Gasteiger partial charge in [0.1, 0.15) is 22.4 Å². The standard InChI is InChI=1S/C66H106O11/c1-17-23-66(62-37-45-26-46(38-62)36-61(35-45,40(62)7)64(20-4)47-27-41-24-42(29-47)30-48(64)28-41)49-31-43-25-44(32-49)34-63(66,33-43)56(71)77-60(15,16)65(39-50(67)74-58(11,12)18-2,52(72-21-5)55(70)73-22-6)51(53(68)75-57(8,9)10)54(69)76-59(13,14)19-3/h40-49,51-52H,17-39H2,1-16H3. The van der Waals surface area contributed by atoms with Gasteiger partial charge in [-0.05, 0) is 279 Å². The van der Waals surface area contributed by atoms with Gasteiger partial charge in [-0.3, -0.25) is 19.2 Å². The summed E-state index contributed by atoms with van der Waals surface area (Å²) in [5, 5.41) is 0. The van der Waals surface area contributed by atoms with E-state index in [1.54, 1.807) is 76.2 Å². The lowest BCUT2D eigenvalue weighted by Gasteiger charge is -2.82. The number of carbonyl (C=O) groups excluding carboxylic acids is 5. The van der Waals surface area contributed by atoms with Crippen LogP contribution in [0, 0.1) is 97.6 Å². The number of carbonyl (C=O) groups is 5. The molecule has 77 heavy (non-hydrogen) atoms. The third-order valence-corrected chi connectivity index (χ3v) is 24.8. The molecular formula is C66H106O11. The molecule has 12 fully saturated rings. The molecule has 0 N–H and O–H groups in total. The van der Waals surface area contributed by atoms with Crippen molar-refractivity contribution in [2.45, 2.75) is 274 Å². The van der Waals surface area contributed by atoms with Crippen LogP contribution in [0.5, 0.6) is 0 Å². The van der Waals surface area contributed by atoms with Crippen molar-refractivity contribution in [2.75, 3.05) is 13.2 Å².